The fraction of sp³-hybridized carbons (Fsp3) is 0.409. The number of para-hydroxylation sites is 1. The molecule has 1 amide bonds. The van der Waals surface area contributed by atoms with E-state index in [4.69, 9.17) is 9.47 Å². The molecular formula is C22H30N2O5S. The molecule has 0 aliphatic rings. The molecule has 1 N–H and O–H groups in total. The maximum Gasteiger partial charge on any atom is 0.232 e. The van der Waals surface area contributed by atoms with Gasteiger partial charge >= 0.3 is 0 Å². The summed E-state index contributed by atoms with van der Waals surface area (Å²) >= 11 is 0. The van der Waals surface area contributed by atoms with E-state index in [1.54, 1.807) is 31.4 Å². The second kappa shape index (κ2) is 10.9. The standard InChI is InChI=1S/C22H30N2O5S/c1-5-29-19-14-12-18(13-15-19)24(30(4,26)27)16-8-11-22(25)23-17(2)20-9-6-7-10-21(20)28-3/h6-7,9-10,12-15,17H,5,8,11,16H2,1-4H3,(H,23,25)/t17-/m0/s1. The predicted octanol–water partition coefficient (Wildman–Crippen LogP) is 3.52. The Hall–Kier alpha value is -2.74. The number of carbonyl (C=O) groups excluding carboxylic acids is 1. The maximum absolute atomic E-state index is 12.4. The highest BCUT2D eigenvalue weighted by Gasteiger charge is 2.19. The van der Waals surface area contributed by atoms with Crippen LogP contribution in [-0.4, -0.2) is 40.8 Å². The summed E-state index contributed by atoms with van der Waals surface area (Å²) in [6.45, 7) is 4.52. The quantitative estimate of drug-likeness (QED) is 0.585. The second-order valence-corrected chi connectivity index (χ2v) is 8.80. The first-order chi connectivity index (χ1) is 14.3. The number of hydrogen-bond donors (Lipinski definition) is 1. The SMILES string of the molecule is CCOc1ccc(N(CCCC(=O)N[C@@H](C)c2ccccc2OC)S(C)(=O)=O)cc1. The molecule has 0 aromatic heterocycles. The van der Waals surface area contributed by atoms with Crippen LogP contribution < -0.4 is 19.1 Å². The van der Waals surface area contributed by atoms with Crippen molar-refractivity contribution in [3.8, 4) is 11.5 Å². The van der Waals surface area contributed by atoms with Crippen molar-refractivity contribution in [3.63, 3.8) is 0 Å². The molecule has 0 saturated heterocycles. The van der Waals surface area contributed by atoms with Crippen LogP contribution in [0.3, 0.4) is 0 Å². The van der Waals surface area contributed by atoms with Crippen LogP contribution in [0.5, 0.6) is 11.5 Å². The zero-order valence-electron chi connectivity index (χ0n) is 17.9. The van der Waals surface area contributed by atoms with Crippen LogP contribution in [0.25, 0.3) is 0 Å². The first kappa shape index (κ1) is 23.5. The summed E-state index contributed by atoms with van der Waals surface area (Å²) in [5, 5.41) is 2.94. The van der Waals surface area contributed by atoms with E-state index in [1.807, 2.05) is 38.1 Å². The lowest BCUT2D eigenvalue weighted by molar-refractivity contribution is -0.121. The second-order valence-electron chi connectivity index (χ2n) is 6.90. The largest absolute Gasteiger partial charge is 0.496 e. The number of anilines is 1. The molecule has 7 nitrogen and oxygen atoms in total. The Morgan fingerprint density at radius 2 is 1.80 bits per heavy atom. The highest BCUT2D eigenvalue weighted by atomic mass is 32.2. The van der Waals surface area contributed by atoms with E-state index in [9.17, 15) is 13.2 Å². The van der Waals surface area contributed by atoms with Crippen LogP contribution in [0.1, 0.15) is 38.3 Å². The number of sulfonamides is 1. The number of carbonyl (C=O) groups is 1. The van der Waals surface area contributed by atoms with Crippen LogP contribution in [-0.2, 0) is 14.8 Å². The average Bonchev–Trinajstić information content (AvgIpc) is 2.71. The normalized spacial score (nSPS) is 12.1. The number of rotatable bonds is 11. The topological polar surface area (TPSA) is 84.9 Å². The van der Waals surface area contributed by atoms with Gasteiger partial charge in [0.15, 0.2) is 0 Å². The number of nitrogens with one attached hydrogen (secondary N) is 1. The Balaban J connectivity index is 1.95. The van der Waals surface area contributed by atoms with Crippen LogP contribution >= 0.6 is 0 Å². The van der Waals surface area contributed by atoms with Crippen molar-refractivity contribution in [2.24, 2.45) is 0 Å². The van der Waals surface area contributed by atoms with Crippen molar-refractivity contribution in [3.05, 3.63) is 54.1 Å². The summed E-state index contributed by atoms with van der Waals surface area (Å²) in [7, 11) is -1.88. The molecule has 8 heteroatoms. The van der Waals surface area contributed by atoms with Crippen LogP contribution in [0.2, 0.25) is 0 Å². The lowest BCUT2D eigenvalue weighted by Crippen LogP contribution is -2.32. The minimum atomic E-state index is -3.47. The van der Waals surface area contributed by atoms with Gasteiger partial charge in [-0.1, -0.05) is 18.2 Å². The molecule has 1 atom stereocenters. The number of methoxy groups -OCH3 is 1. The predicted molar refractivity (Wildman–Crippen MR) is 119 cm³/mol. The molecule has 2 aromatic rings. The summed E-state index contributed by atoms with van der Waals surface area (Å²) in [6, 6.07) is 14.2. The van der Waals surface area contributed by atoms with E-state index in [1.165, 1.54) is 4.31 Å². The van der Waals surface area contributed by atoms with E-state index >= 15 is 0 Å². The van der Waals surface area contributed by atoms with E-state index in [0.717, 1.165) is 11.8 Å². The zero-order chi connectivity index (χ0) is 22.1. The van der Waals surface area contributed by atoms with Crippen molar-refractivity contribution in [1.82, 2.24) is 5.32 Å². The molecule has 0 unspecified atom stereocenters. The van der Waals surface area contributed by atoms with Crippen LogP contribution in [0.4, 0.5) is 5.69 Å². The van der Waals surface area contributed by atoms with Crippen molar-refractivity contribution in [2.45, 2.75) is 32.7 Å². The van der Waals surface area contributed by atoms with Gasteiger partial charge in [-0.15, -0.1) is 0 Å². The third-order valence-corrected chi connectivity index (χ3v) is 5.78. The highest BCUT2D eigenvalue weighted by Crippen LogP contribution is 2.25. The smallest absolute Gasteiger partial charge is 0.232 e. The number of amides is 1. The molecule has 0 radical (unpaired) electrons. The number of ether oxygens (including phenoxy) is 2. The highest BCUT2D eigenvalue weighted by molar-refractivity contribution is 7.92. The van der Waals surface area contributed by atoms with Gasteiger partial charge in [0.05, 0.1) is 31.7 Å². The summed E-state index contributed by atoms with van der Waals surface area (Å²) in [5.41, 5.74) is 1.43. The molecule has 2 aromatic carbocycles. The van der Waals surface area contributed by atoms with Crippen LogP contribution in [0.15, 0.2) is 48.5 Å². The van der Waals surface area contributed by atoms with Gasteiger partial charge in [0.2, 0.25) is 15.9 Å². The van der Waals surface area contributed by atoms with Crippen molar-refractivity contribution >= 4 is 21.6 Å². The van der Waals surface area contributed by atoms with Gasteiger partial charge in [-0.2, -0.15) is 0 Å². The number of nitrogens with zero attached hydrogens (tertiary/aromatic N) is 1. The molecule has 0 aliphatic heterocycles. The fourth-order valence-corrected chi connectivity index (χ4v) is 4.13. The summed E-state index contributed by atoms with van der Waals surface area (Å²) in [4.78, 5) is 12.4. The summed E-state index contributed by atoms with van der Waals surface area (Å²) < 4.78 is 36.5. The summed E-state index contributed by atoms with van der Waals surface area (Å²) in [6.07, 6.45) is 1.76. The van der Waals surface area contributed by atoms with Crippen molar-refractivity contribution in [2.75, 3.05) is 30.8 Å². The van der Waals surface area contributed by atoms with Crippen molar-refractivity contribution < 1.29 is 22.7 Å². The molecular weight excluding hydrogens is 404 g/mol. The van der Waals surface area contributed by atoms with Gasteiger partial charge in [-0.3, -0.25) is 9.10 Å². The third kappa shape index (κ3) is 6.66. The van der Waals surface area contributed by atoms with E-state index in [2.05, 4.69) is 5.32 Å². The molecule has 2 rings (SSSR count). The minimum Gasteiger partial charge on any atom is -0.496 e. The average molecular weight is 435 g/mol. The Labute approximate surface area is 179 Å². The molecule has 0 bridgehead atoms. The van der Waals surface area contributed by atoms with Gasteiger partial charge in [0.1, 0.15) is 11.5 Å². The third-order valence-electron chi connectivity index (χ3n) is 4.58. The van der Waals surface area contributed by atoms with Crippen LogP contribution in [0, 0.1) is 0 Å². The first-order valence-electron chi connectivity index (χ1n) is 9.89. The fourth-order valence-electron chi connectivity index (χ4n) is 3.16. The van der Waals surface area contributed by atoms with Gasteiger partial charge in [-0.25, -0.2) is 8.42 Å². The lowest BCUT2D eigenvalue weighted by Gasteiger charge is -2.23. The van der Waals surface area contributed by atoms with Crippen molar-refractivity contribution in [1.29, 1.82) is 0 Å². The lowest BCUT2D eigenvalue weighted by atomic mass is 10.1. The number of hydrogen-bond acceptors (Lipinski definition) is 5. The number of benzene rings is 2. The van der Waals surface area contributed by atoms with E-state index in [0.29, 0.717) is 30.2 Å². The first-order valence-corrected chi connectivity index (χ1v) is 11.7. The van der Waals surface area contributed by atoms with E-state index in [-0.39, 0.29) is 24.9 Å². The zero-order valence-corrected chi connectivity index (χ0v) is 18.7. The molecule has 0 saturated carbocycles. The van der Waals surface area contributed by atoms with Gasteiger partial charge in [0.25, 0.3) is 0 Å². The Bertz CT molecular complexity index is 929. The van der Waals surface area contributed by atoms with Gasteiger partial charge in [0, 0.05) is 18.5 Å². The molecule has 0 fully saturated rings. The minimum absolute atomic E-state index is 0.145. The summed E-state index contributed by atoms with van der Waals surface area (Å²) in [5.74, 6) is 1.25. The Kier molecular flexibility index (Phi) is 8.53. The maximum atomic E-state index is 12.4. The Morgan fingerprint density at radius 3 is 2.40 bits per heavy atom. The van der Waals surface area contributed by atoms with Gasteiger partial charge in [-0.05, 0) is 50.6 Å². The molecule has 0 heterocycles. The van der Waals surface area contributed by atoms with Gasteiger partial charge < -0.3 is 14.8 Å². The molecule has 30 heavy (non-hydrogen) atoms. The molecule has 0 spiro atoms. The molecule has 164 valence electrons. The monoisotopic (exact) mass is 434 g/mol. The Morgan fingerprint density at radius 1 is 1.13 bits per heavy atom. The molecule has 0 aliphatic carbocycles. The van der Waals surface area contributed by atoms with E-state index < -0.39 is 10.0 Å².